The van der Waals surface area contributed by atoms with E-state index in [-0.39, 0.29) is 0 Å². The number of aryl methyl sites for hydroxylation is 1. The predicted molar refractivity (Wildman–Crippen MR) is 62.7 cm³/mol. The van der Waals surface area contributed by atoms with Gasteiger partial charge in [-0.25, -0.2) is 0 Å². The highest BCUT2D eigenvalue weighted by Gasteiger charge is 2.25. The molecule has 86 valence electrons. The second-order valence-electron chi connectivity index (χ2n) is 4.27. The van der Waals surface area contributed by atoms with Crippen LogP contribution in [0.25, 0.3) is 0 Å². The summed E-state index contributed by atoms with van der Waals surface area (Å²) in [6, 6.07) is 7.97. The molecule has 1 aliphatic rings. The van der Waals surface area contributed by atoms with Crippen molar-refractivity contribution in [1.29, 1.82) is 0 Å². The zero-order valence-electron chi connectivity index (χ0n) is 9.56. The Balaban J connectivity index is 1.98. The lowest BCUT2D eigenvalue weighted by atomic mass is 10.1. The van der Waals surface area contributed by atoms with Gasteiger partial charge in [-0.3, -0.25) is 4.90 Å². The molecule has 0 spiro atoms. The van der Waals surface area contributed by atoms with Gasteiger partial charge >= 0.3 is 0 Å². The summed E-state index contributed by atoms with van der Waals surface area (Å²) in [5, 5.41) is 0. The maximum Gasteiger partial charge on any atom is 0.124 e. The number of carbonyl (C=O) groups is 1. The van der Waals surface area contributed by atoms with Crippen LogP contribution in [0, 0.1) is 0 Å². The Hall–Kier alpha value is -1.35. The van der Waals surface area contributed by atoms with Crippen molar-refractivity contribution in [2.24, 2.45) is 0 Å². The predicted octanol–water partition coefficient (Wildman–Crippen LogP) is 1.51. The van der Waals surface area contributed by atoms with Gasteiger partial charge in [0.1, 0.15) is 18.1 Å². The number of ether oxygens (including phenoxy) is 1. The highest BCUT2D eigenvalue weighted by Crippen LogP contribution is 2.22. The van der Waals surface area contributed by atoms with Crippen LogP contribution in [0.5, 0.6) is 5.75 Å². The summed E-state index contributed by atoms with van der Waals surface area (Å²) < 4.78 is 5.89. The lowest BCUT2D eigenvalue weighted by molar-refractivity contribution is -0.107. The van der Waals surface area contributed by atoms with Crippen LogP contribution in [0.2, 0.25) is 0 Å². The van der Waals surface area contributed by atoms with Crippen LogP contribution in [-0.4, -0.2) is 37.4 Å². The fourth-order valence-electron chi connectivity index (χ4n) is 1.94. The van der Waals surface area contributed by atoms with Gasteiger partial charge in [0.25, 0.3) is 0 Å². The fourth-order valence-corrected chi connectivity index (χ4v) is 1.94. The Morgan fingerprint density at radius 1 is 1.44 bits per heavy atom. The normalized spacial score (nSPS) is 16.8. The zero-order valence-corrected chi connectivity index (χ0v) is 9.56. The van der Waals surface area contributed by atoms with E-state index in [0.717, 1.165) is 37.1 Å². The number of likely N-dealkylation sites (N-methyl/N-ethyl adjacent to an activating group) is 1. The van der Waals surface area contributed by atoms with E-state index < -0.39 is 0 Å². The third kappa shape index (κ3) is 2.61. The average molecular weight is 219 g/mol. The molecule has 1 saturated heterocycles. The van der Waals surface area contributed by atoms with Crippen LogP contribution in [0.3, 0.4) is 0 Å². The molecule has 1 aromatic carbocycles. The highest BCUT2D eigenvalue weighted by molar-refractivity contribution is 5.50. The van der Waals surface area contributed by atoms with E-state index >= 15 is 0 Å². The standard InChI is InChI=1S/C13H17NO2/c1-14-9-12(10-14)16-13-7-3-2-5-11(13)6-4-8-15/h2-3,5,7-8,12H,4,6,9-10H2,1H3. The Labute approximate surface area is 96.0 Å². The van der Waals surface area contributed by atoms with Crippen LogP contribution in [0.15, 0.2) is 24.3 Å². The first-order valence-corrected chi connectivity index (χ1v) is 5.66. The van der Waals surface area contributed by atoms with Crippen LogP contribution in [0.4, 0.5) is 0 Å². The largest absolute Gasteiger partial charge is 0.487 e. The van der Waals surface area contributed by atoms with E-state index in [2.05, 4.69) is 11.9 Å². The second-order valence-corrected chi connectivity index (χ2v) is 4.27. The molecule has 3 heteroatoms. The second kappa shape index (κ2) is 5.12. The van der Waals surface area contributed by atoms with Gasteiger partial charge in [-0.1, -0.05) is 18.2 Å². The van der Waals surface area contributed by atoms with Crippen molar-refractivity contribution in [1.82, 2.24) is 4.90 Å². The molecule has 0 amide bonds. The summed E-state index contributed by atoms with van der Waals surface area (Å²) in [6.07, 6.45) is 2.59. The first kappa shape index (κ1) is 11.1. The van der Waals surface area contributed by atoms with Gasteiger partial charge in [-0.2, -0.15) is 0 Å². The summed E-state index contributed by atoms with van der Waals surface area (Å²) >= 11 is 0. The van der Waals surface area contributed by atoms with E-state index in [1.807, 2.05) is 24.3 Å². The van der Waals surface area contributed by atoms with Crippen LogP contribution in [0.1, 0.15) is 12.0 Å². The Morgan fingerprint density at radius 3 is 2.88 bits per heavy atom. The van der Waals surface area contributed by atoms with Crippen LogP contribution < -0.4 is 4.74 Å². The molecule has 1 heterocycles. The first-order valence-electron chi connectivity index (χ1n) is 5.66. The molecule has 0 saturated carbocycles. The Morgan fingerprint density at radius 2 is 2.19 bits per heavy atom. The van der Waals surface area contributed by atoms with Crippen molar-refractivity contribution in [2.45, 2.75) is 18.9 Å². The van der Waals surface area contributed by atoms with E-state index in [1.54, 1.807) is 0 Å². The highest BCUT2D eigenvalue weighted by atomic mass is 16.5. The van der Waals surface area contributed by atoms with E-state index in [4.69, 9.17) is 4.74 Å². The minimum absolute atomic E-state index is 0.308. The SMILES string of the molecule is CN1CC(Oc2ccccc2CCC=O)C1. The van der Waals surface area contributed by atoms with Gasteiger partial charge in [0.2, 0.25) is 0 Å². The van der Waals surface area contributed by atoms with Gasteiger partial charge in [0.05, 0.1) is 0 Å². The number of aldehydes is 1. The van der Waals surface area contributed by atoms with Crippen molar-refractivity contribution in [3.63, 3.8) is 0 Å². The van der Waals surface area contributed by atoms with Crippen molar-refractivity contribution in [3.05, 3.63) is 29.8 Å². The summed E-state index contributed by atoms with van der Waals surface area (Å²) in [6.45, 7) is 1.98. The van der Waals surface area contributed by atoms with E-state index in [0.29, 0.717) is 12.5 Å². The number of nitrogens with zero attached hydrogens (tertiary/aromatic N) is 1. The number of benzene rings is 1. The lowest BCUT2D eigenvalue weighted by Gasteiger charge is -2.36. The smallest absolute Gasteiger partial charge is 0.124 e. The molecular weight excluding hydrogens is 202 g/mol. The molecule has 0 radical (unpaired) electrons. The zero-order chi connectivity index (χ0) is 11.4. The maximum absolute atomic E-state index is 10.4. The Bertz CT molecular complexity index is 359. The monoisotopic (exact) mass is 219 g/mol. The molecule has 0 unspecified atom stereocenters. The molecule has 0 aliphatic carbocycles. The number of rotatable bonds is 5. The number of likely N-dealkylation sites (tertiary alicyclic amines) is 1. The molecular formula is C13H17NO2. The molecule has 0 aromatic heterocycles. The van der Waals surface area contributed by atoms with Gasteiger partial charge in [-0.05, 0) is 25.1 Å². The van der Waals surface area contributed by atoms with Crippen LogP contribution in [-0.2, 0) is 11.2 Å². The fraction of sp³-hybridized carbons (Fsp3) is 0.462. The minimum atomic E-state index is 0.308. The van der Waals surface area contributed by atoms with Crippen molar-refractivity contribution in [2.75, 3.05) is 20.1 Å². The van der Waals surface area contributed by atoms with E-state index in [1.165, 1.54) is 0 Å². The molecule has 16 heavy (non-hydrogen) atoms. The quantitative estimate of drug-likeness (QED) is 0.703. The summed E-state index contributed by atoms with van der Waals surface area (Å²) in [4.78, 5) is 12.6. The molecule has 1 fully saturated rings. The van der Waals surface area contributed by atoms with Gasteiger partial charge in [-0.15, -0.1) is 0 Å². The van der Waals surface area contributed by atoms with Gasteiger partial charge in [0, 0.05) is 19.5 Å². The summed E-state index contributed by atoms with van der Waals surface area (Å²) in [5.41, 5.74) is 1.13. The molecule has 3 nitrogen and oxygen atoms in total. The number of hydrogen-bond donors (Lipinski definition) is 0. The Kier molecular flexibility index (Phi) is 3.57. The van der Waals surface area contributed by atoms with E-state index in [9.17, 15) is 4.79 Å². The number of carbonyl (C=O) groups excluding carboxylic acids is 1. The third-order valence-electron chi connectivity index (χ3n) is 2.83. The molecule has 0 bridgehead atoms. The lowest BCUT2D eigenvalue weighted by Crippen LogP contribution is -2.51. The first-order chi connectivity index (χ1) is 7.79. The van der Waals surface area contributed by atoms with Crippen LogP contribution >= 0.6 is 0 Å². The topological polar surface area (TPSA) is 29.5 Å². The molecule has 1 aromatic rings. The number of hydrogen-bond acceptors (Lipinski definition) is 3. The van der Waals surface area contributed by atoms with Crippen molar-refractivity contribution >= 4 is 6.29 Å². The average Bonchev–Trinajstić information content (AvgIpc) is 2.26. The maximum atomic E-state index is 10.4. The minimum Gasteiger partial charge on any atom is -0.487 e. The molecule has 0 N–H and O–H groups in total. The molecule has 0 atom stereocenters. The number of para-hydroxylation sites is 1. The summed E-state index contributed by atoms with van der Waals surface area (Å²) in [7, 11) is 2.08. The van der Waals surface area contributed by atoms with Gasteiger partial charge in [0.15, 0.2) is 0 Å². The van der Waals surface area contributed by atoms with Crippen molar-refractivity contribution < 1.29 is 9.53 Å². The third-order valence-corrected chi connectivity index (χ3v) is 2.83. The van der Waals surface area contributed by atoms with Crippen molar-refractivity contribution in [3.8, 4) is 5.75 Å². The van der Waals surface area contributed by atoms with Gasteiger partial charge < -0.3 is 9.53 Å². The molecule has 1 aliphatic heterocycles. The summed E-state index contributed by atoms with van der Waals surface area (Å²) in [5.74, 6) is 0.933. The molecule has 2 rings (SSSR count).